The van der Waals surface area contributed by atoms with Crippen molar-refractivity contribution in [3.05, 3.63) is 87.7 Å². The van der Waals surface area contributed by atoms with Gasteiger partial charge < -0.3 is 20.9 Å². The molecule has 38 heavy (non-hydrogen) atoms. The van der Waals surface area contributed by atoms with E-state index in [1.165, 1.54) is 11.3 Å². The van der Waals surface area contributed by atoms with Crippen molar-refractivity contribution in [1.29, 1.82) is 0 Å². The molecular weight excluding hydrogens is 521 g/mol. The van der Waals surface area contributed by atoms with Gasteiger partial charge in [0.1, 0.15) is 0 Å². The molecule has 7 nitrogen and oxygen atoms in total. The van der Waals surface area contributed by atoms with Crippen molar-refractivity contribution in [3.8, 4) is 0 Å². The second-order valence-electron chi connectivity index (χ2n) is 9.87. The minimum atomic E-state index is -0.362. The number of fused-ring (bicyclic) bond motifs is 1. The number of carbonyl (C=O) groups excluding carboxylic acids is 2. The van der Waals surface area contributed by atoms with Gasteiger partial charge in [-0.05, 0) is 79.6 Å². The Morgan fingerprint density at radius 1 is 0.974 bits per heavy atom. The summed E-state index contributed by atoms with van der Waals surface area (Å²) in [5.74, 6) is 0.0844. The van der Waals surface area contributed by atoms with Crippen LogP contribution in [-0.2, 0) is 6.42 Å². The molecular formula is C29H31Cl2N5O2. The van der Waals surface area contributed by atoms with Crippen molar-refractivity contribution in [1.82, 2.24) is 15.6 Å². The van der Waals surface area contributed by atoms with Crippen molar-refractivity contribution in [2.45, 2.75) is 44.1 Å². The Morgan fingerprint density at radius 3 is 2.45 bits per heavy atom. The first-order chi connectivity index (χ1) is 18.5. The summed E-state index contributed by atoms with van der Waals surface area (Å²) in [6, 6.07) is 14.9. The molecule has 5 rings (SSSR count). The molecule has 1 aliphatic heterocycles. The third-order valence-corrected chi connectivity index (χ3v) is 8.04. The number of urea groups is 1. The number of aromatic nitrogens is 1. The van der Waals surface area contributed by atoms with Crippen LogP contribution in [0.5, 0.6) is 0 Å². The minimum absolute atomic E-state index is 0.0430. The van der Waals surface area contributed by atoms with Crippen LogP contribution in [0.25, 0.3) is 0 Å². The Bertz CT molecular complexity index is 1280. The number of amides is 3. The molecule has 0 spiro atoms. The van der Waals surface area contributed by atoms with E-state index in [4.69, 9.17) is 23.2 Å². The first kappa shape index (κ1) is 26.3. The first-order valence-electron chi connectivity index (χ1n) is 13.1. The zero-order valence-corrected chi connectivity index (χ0v) is 22.6. The molecule has 1 fully saturated rings. The number of halogens is 2. The summed E-state index contributed by atoms with van der Waals surface area (Å²) in [6.45, 7) is 2.25. The topological polar surface area (TPSA) is 86.4 Å². The summed E-state index contributed by atoms with van der Waals surface area (Å²) < 4.78 is 0. The van der Waals surface area contributed by atoms with E-state index in [1.54, 1.807) is 18.2 Å². The fraction of sp³-hybridized carbons (Fsp3) is 0.345. The predicted molar refractivity (Wildman–Crippen MR) is 153 cm³/mol. The predicted octanol–water partition coefficient (Wildman–Crippen LogP) is 6.03. The van der Waals surface area contributed by atoms with Gasteiger partial charge in [0.05, 0.1) is 15.7 Å². The number of rotatable bonds is 6. The highest BCUT2D eigenvalue weighted by atomic mass is 35.5. The smallest absolute Gasteiger partial charge is 0.319 e. The maximum Gasteiger partial charge on any atom is 0.319 e. The van der Waals surface area contributed by atoms with Gasteiger partial charge >= 0.3 is 6.03 Å². The monoisotopic (exact) mass is 551 g/mol. The molecule has 1 unspecified atom stereocenters. The van der Waals surface area contributed by atoms with Crippen LogP contribution >= 0.6 is 23.2 Å². The van der Waals surface area contributed by atoms with Crippen LogP contribution in [0, 0.1) is 0 Å². The van der Waals surface area contributed by atoms with Gasteiger partial charge in [0, 0.05) is 55.2 Å². The lowest BCUT2D eigenvalue weighted by Gasteiger charge is -2.34. The van der Waals surface area contributed by atoms with E-state index in [1.807, 2.05) is 36.7 Å². The van der Waals surface area contributed by atoms with Crippen LogP contribution in [0.1, 0.15) is 53.1 Å². The average molecular weight is 553 g/mol. The van der Waals surface area contributed by atoms with E-state index < -0.39 is 0 Å². The number of carbonyl (C=O) groups is 2. The van der Waals surface area contributed by atoms with Crippen molar-refractivity contribution in [3.63, 3.8) is 0 Å². The van der Waals surface area contributed by atoms with Crippen LogP contribution in [0.15, 0.2) is 60.9 Å². The molecule has 1 aromatic heterocycles. The van der Waals surface area contributed by atoms with E-state index in [0.717, 1.165) is 50.8 Å². The van der Waals surface area contributed by atoms with Crippen molar-refractivity contribution in [2.75, 3.05) is 29.9 Å². The number of nitrogens with zero attached hydrogens (tertiary/aromatic N) is 2. The number of nitrogens with one attached hydrogen (secondary N) is 3. The van der Waals surface area contributed by atoms with E-state index >= 15 is 0 Å². The van der Waals surface area contributed by atoms with E-state index in [0.29, 0.717) is 27.8 Å². The van der Waals surface area contributed by atoms with Crippen LogP contribution < -0.4 is 20.9 Å². The fourth-order valence-corrected chi connectivity index (χ4v) is 5.84. The van der Waals surface area contributed by atoms with Crippen molar-refractivity contribution in [2.24, 2.45) is 0 Å². The lowest BCUT2D eigenvalue weighted by atomic mass is 9.82. The molecule has 1 saturated heterocycles. The Kier molecular flexibility index (Phi) is 8.35. The summed E-state index contributed by atoms with van der Waals surface area (Å²) in [6.07, 6.45) is 8.37. The largest absolute Gasteiger partial charge is 0.371 e. The second-order valence-corrected chi connectivity index (χ2v) is 10.7. The van der Waals surface area contributed by atoms with Gasteiger partial charge in [-0.25, -0.2) is 4.79 Å². The lowest BCUT2D eigenvalue weighted by molar-refractivity contribution is 0.0931. The maximum absolute atomic E-state index is 13.2. The Hall–Kier alpha value is -3.29. The zero-order chi connectivity index (χ0) is 26.5. The number of aryl methyl sites for hydroxylation is 1. The van der Waals surface area contributed by atoms with Gasteiger partial charge in [-0.1, -0.05) is 35.3 Å². The lowest BCUT2D eigenvalue weighted by Crippen LogP contribution is -2.44. The molecule has 0 saturated carbocycles. The Labute approximate surface area is 232 Å². The summed E-state index contributed by atoms with van der Waals surface area (Å²) in [5.41, 5.74) is 4.59. The van der Waals surface area contributed by atoms with Gasteiger partial charge in [-0.3, -0.25) is 9.78 Å². The van der Waals surface area contributed by atoms with Crippen LogP contribution in [0.4, 0.5) is 16.2 Å². The number of hydrogen-bond donors (Lipinski definition) is 3. The molecule has 3 amide bonds. The summed E-state index contributed by atoms with van der Waals surface area (Å²) in [5, 5.41) is 9.70. The highest BCUT2D eigenvalue weighted by Gasteiger charge is 2.25. The first-order valence-corrected chi connectivity index (χ1v) is 13.8. The van der Waals surface area contributed by atoms with Crippen LogP contribution in [0.2, 0.25) is 10.0 Å². The standard InChI is InChI=1S/C29H31Cl2N5O2/c30-25-5-2-6-26(31)27(25)35-29(38)33-18-21-4-1-3-19-7-8-20(17-24(19)21)28(37)34-22-11-15-36(16-12-22)23-9-13-32-14-10-23/h2,5-10,13-14,17,21-22H,1,3-4,11-12,15-16,18H2,(H,34,37)(H2,33,35,38). The van der Waals surface area contributed by atoms with Crippen molar-refractivity contribution < 1.29 is 9.59 Å². The minimum Gasteiger partial charge on any atom is -0.371 e. The molecule has 9 heteroatoms. The molecule has 1 atom stereocenters. The average Bonchev–Trinajstić information content (AvgIpc) is 2.94. The third kappa shape index (κ3) is 6.22. The van der Waals surface area contributed by atoms with E-state index in [2.05, 4.69) is 31.9 Å². The number of anilines is 2. The summed E-state index contributed by atoms with van der Waals surface area (Å²) in [7, 11) is 0. The SMILES string of the molecule is O=C(NCC1CCCc2ccc(C(=O)NC3CCN(c4ccncc4)CC3)cc21)Nc1c(Cl)cccc1Cl. The second kappa shape index (κ2) is 12.0. The highest BCUT2D eigenvalue weighted by molar-refractivity contribution is 6.39. The molecule has 2 aliphatic rings. The van der Waals surface area contributed by atoms with Gasteiger partial charge in [0.2, 0.25) is 0 Å². The Balaban J connectivity index is 1.18. The fourth-order valence-electron chi connectivity index (χ4n) is 5.35. The molecule has 2 aromatic carbocycles. The third-order valence-electron chi connectivity index (χ3n) is 7.41. The normalized spacial score (nSPS) is 17.4. The molecule has 0 bridgehead atoms. The van der Waals surface area contributed by atoms with Gasteiger partial charge in [-0.2, -0.15) is 0 Å². The molecule has 2 heterocycles. The Morgan fingerprint density at radius 2 is 1.71 bits per heavy atom. The van der Waals surface area contributed by atoms with Gasteiger partial charge in [-0.15, -0.1) is 0 Å². The zero-order valence-electron chi connectivity index (χ0n) is 21.1. The molecule has 198 valence electrons. The number of piperidine rings is 1. The molecule has 3 N–H and O–H groups in total. The molecule has 0 radical (unpaired) electrons. The van der Waals surface area contributed by atoms with Crippen LogP contribution in [-0.4, -0.2) is 42.6 Å². The summed E-state index contributed by atoms with van der Waals surface area (Å²) >= 11 is 12.3. The van der Waals surface area contributed by atoms with E-state index in [-0.39, 0.29) is 23.9 Å². The highest BCUT2D eigenvalue weighted by Crippen LogP contribution is 2.33. The van der Waals surface area contributed by atoms with Gasteiger partial charge in [0.15, 0.2) is 0 Å². The quantitative estimate of drug-likeness (QED) is 0.349. The number of pyridine rings is 1. The molecule has 3 aromatic rings. The number of para-hydroxylation sites is 1. The van der Waals surface area contributed by atoms with Crippen molar-refractivity contribution >= 4 is 46.5 Å². The van der Waals surface area contributed by atoms with E-state index in [9.17, 15) is 9.59 Å². The summed E-state index contributed by atoms with van der Waals surface area (Å²) in [4.78, 5) is 32.1. The number of benzene rings is 2. The van der Waals surface area contributed by atoms with Crippen LogP contribution in [0.3, 0.4) is 0 Å². The molecule has 1 aliphatic carbocycles. The number of hydrogen-bond acceptors (Lipinski definition) is 4. The maximum atomic E-state index is 13.2. The van der Waals surface area contributed by atoms with Gasteiger partial charge in [0.25, 0.3) is 5.91 Å².